The van der Waals surface area contributed by atoms with Crippen molar-refractivity contribution in [1.29, 1.82) is 0 Å². The van der Waals surface area contributed by atoms with E-state index in [1.54, 1.807) is 6.08 Å². The highest BCUT2D eigenvalue weighted by Crippen LogP contribution is 2.21. The first-order valence-electron chi connectivity index (χ1n) is 2.97. The van der Waals surface area contributed by atoms with Crippen LogP contribution >= 0.6 is 0 Å². The first-order valence-corrected chi connectivity index (χ1v) is 2.97. The van der Waals surface area contributed by atoms with Crippen LogP contribution in [0.4, 0.5) is 0 Å². The summed E-state index contributed by atoms with van der Waals surface area (Å²) in [5.41, 5.74) is 0.925. The van der Waals surface area contributed by atoms with Gasteiger partial charge in [0.1, 0.15) is 6.26 Å². The zero-order chi connectivity index (χ0) is 6.81. The van der Waals surface area contributed by atoms with E-state index in [2.05, 4.69) is 11.0 Å². The van der Waals surface area contributed by atoms with Crippen LogP contribution in [0.3, 0.4) is 0 Å². The van der Waals surface area contributed by atoms with Crippen LogP contribution in [0.15, 0.2) is 24.5 Å². The standard InChI is InChI=1S/C8H5O2/c1-2-4-8-7(3-1)5-6-9-10-8/h1-2,4-6H. The SMILES string of the molecule is [c]1cccc2c1C=COO2. The van der Waals surface area contributed by atoms with Gasteiger partial charge in [-0.15, -0.1) is 0 Å². The molecule has 49 valence electrons. The zero-order valence-electron chi connectivity index (χ0n) is 5.20. The van der Waals surface area contributed by atoms with Crippen LogP contribution in [0, 0.1) is 6.07 Å². The molecule has 0 N–H and O–H groups in total. The van der Waals surface area contributed by atoms with Gasteiger partial charge in [-0.3, -0.25) is 9.78 Å². The Hall–Kier alpha value is -1.44. The summed E-state index contributed by atoms with van der Waals surface area (Å²) in [6.07, 6.45) is 3.29. The second-order valence-electron chi connectivity index (χ2n) is 1.93. The molecule has 0 amide bonds. The number of benzene rings is 1. The van der Waals surface area contributed by atoms with Crippen LogP contribution in [0.25, 0.3) is 6.08 Å². The molecule has 1 aliphatic rings. The molecule has 0 atom stereocenters. The molecule has 0 spiro atoms. The predicted octanol–water partition coefficient (Wildman–Crippen LogP) is 1.78. The van der Waals surface area contributed by atoms with Gasteiger partial charge in [0.15, 0.2) is 5.75 Å². The molecule has 0 bridgehead atoms. The molecular weight excluding hydrogens is 128 g/mol. The van der Waals surface area contributed by atoms with Crippen LogP contribution in [0.5, 0.6) is 5.75 Å². The Morgan fingerprint density at radius 1 is 1.40 bits per heavy atom. The third-order valence-corrected chi connectivity index (χ3v) is 1.28. The monoisotopic (exact) mass is 133 g/mol. The van der Waals surface area contributed by atoms with Gasteiger partial charge in [-0.05, 0) is 18.2 Å². The molecule has 1 heterocycles. The van der Waals surface area contributed by atoms with Crippen molar-refractivity contribution in [2.24, 2.45) is 0 Å². The van der Waals surface area contributed by atoms with E-state index in [-0.39, 0.29) is 0 Å². The number of hydrogen-bond acceptors (Lipinski definition) is 2. The molecule has 1 radical (unpaired) electrons. The summed E-state index contributed by atoms with van der Waals surface area (Å²) >= 11 is 0. The molecule has 0 unspecified atom stereocenters. The average molecular weight is 133 g/mol. The molecule has 0 saturated carbocycles. The average Bonchev–Trinajstić information content (AvgIpc) is 2.05. The highest BCUT2D eigenvalue weighted by atomic mass is 17.2. The normalized spacial score (nSPS) is 13.2. The molecule has 0 fully saturated rings. The Labute approximate surface area is 58.6 Å². The zero-order valence-corrected chi connectivity index (χ0v) is 5.20. The van der Waals surface area contributed by atoms with Gasteiger partial charge in [-0.1, -0.05) is 12.1 Å². The van der Waals surface area contributed by atoms with Gasteiger partial charge >= 0.3 is 0 Å². The molecule has 0 aromatic heterocycles. The van der Waals surface area contributed by atoms with Crippen molar-refractivity contribution in [3.05, 3.63) is 36.1 Å². The first kappa shape index (κ1) is 5.35. The Bertz CT molecular complexity index is 266. The molecule has 2 nitrogen and oxygen atoms in total. The van der Waals surface area contributed by atoms with Crippen molar-refractivity contribution in [3.8, 4) is 5.75 Å². The van der Waals surface area contributed by atoms with Crippen LogP contribution in [-0.2, 0) is 4.89 Å². The molecule has 10 heavy (non-hydrogen) atoms. The van der Waals surface area contributed by atoms with Crippen molar-refractivity contribution >= 4 is 6.08 Å². The second kappa shape index (κ2) is 2.06. The van der Waals surface area contributed by atoms with Crippen LogP contribution in [0.1, 0.15) is 5.56 Å². The lowest BCUT2D eigenvalue weighted by Gasteiger charge is -2.08. The lowest BCUT2D eigenvalue weighted by Crippen LogP contribution is -1.96. The first-order chi connectivity index (χ1) is 4.97. The van der Waals surface area contributed by atoms with Crippen molar-refractivity contribution in [2.75, 3.05) is 0 Å². The maximum Gasteiger partial charge on any atom is 0.186 e. The van der Waals surface area contributed by atoms with Crippen LogP contribution in [-0.4, -0.2) is 0 Å². The Kier molecular flexibility index (Phi) is 1.10. The fourth-order valence-electron chi connectivity index (χ4n) is 0.813. The molecule has 2 rings (SSSR count). The molecule has 1 aromatic carbocycles. The lowest BCUT2D eigenvalue weighted by molar-refractivity contribution is -0.151. The van der Waals surface area contributed by atoms with Gasteiger partial charge in [0.25, 0.3) is 0 Å². The minimum absolute atomic E-state index is 0.713. The lowest BCUT2D eigenvalue weighted by atomic mass is 10.2. The largest absolute Gasteiger partial charge is 0.298 e. The van der Waals surface area contributed by atoms with Gasteiger partial charge in [0, 0.05) is 5.56 Å². The van der Waals surface area contributed by atoms with Crippen molar-refractivity contribution in [1.82, 2.24) is 0 Å². The summed E-state index contributed by atoms with van der Waals surface area (Å²) in [6.45, 7) is 0. The van der Waals surface area contributed by atoms with Gasteiger partial charge in [-0.2, -0.15) is 0 Å². The van der Waals surface area contributed by atoms with Gasteiger partial charge in [0.05, 0.1) is 0 Å². The molecule has 1 aliphatic heterocycles. The van der Waals surface area contributed by atoms with Gasteiger partial charge in [-0.25, -0.2) is 0 Å². The minimum atomic E-state index is 0.713. The van der Waals surface area contributed by atoms with Crippen molar-refractivity contribution < 1.29 is 9.78 Å². The van der Waals surface area contributed by atoms with Gasteiger partial charge in [0.2, 0.25) is 0 Å². The molecule has 2 heteroatoms. The summed E-state index contributed by atoms with van der Waals surface area (Å²) in [4.78, 5) is 9.40. The Balaban J connectivity index is 2.54. The topological polar surface area (TPSA) is 18.5 Å². The maximum atomic E-state index is 4.81. The number of hydrogen-bond donors (Lipinski definition) is 0. The fourth-order valence-corrected chi connectivity index (χ4v) is 0.813. The Morgan fingerprint density at radius 3 is 3.30 bits per heavy atom. The predicted molar refractivity (Wildman–Crippen MR) is 36.0 cm³/mol. The molecule has 0 aliphatic carbocycles. The van der Waals surface area contributed by atoms with Crippen LogP contribution in [0.2, 0.25) is 0 Å². The van der Waals surface area contributed by atoms with Crippen molar-refractivity contribution in [2.45, 2.75) is 0 Å². The third-order valence-electron chi connectivity index (χ3n) is 1.28. The van der Waals surface area contributed by atoms with E-state index < -0.39 is 0 Å². The molecule has 0 saturated heterocycles. The summed E-state index contributed by atoms with van der Waals surface area (Å²) in [7, 11) is 0. The summed E-state index contributed by atoms with van der Waals surface area (Å²) in [5.74, 6) is 0.713. The highest BCUT2D eigenvalue weighted by molar-refractivity contribution is 5.56. The Morgan fingerprint density at radius 2 is 2.40 bits per heavy atom. The minimum Gasteiger partial charge on any atom is -0.298 e. The van der Waals surface area contributed by atoms with E-state index in [1.165, 1.54) is 6.26 Å². The van der Waals surface area contributed by atoms with E-state index in [9.17, 15) is 0 Å². The van der Waals surface area contributed by atoms with Crippen molar-refractivity contribution in [3.63, 3.8) is 0 Å². The molecular formula is C8H5O2. The highest BCUT2D eigenvalue weighted by Gasteiger charge is 2.03. The number of fused-ring (bicyclic) bond motifs is 1. The van der Waals surface area contributed by atoms with E-state index in [0.29, 0.717) is 5.75 Å². The summed E-state index contributed by atoms with van der Waals surface area (Å²) < 4.78 is 0. The summed E-state index contributed by atoms with van der Waals surface area (Å²) in [6, 6.07) is 8.51. The maximum absolute atomic E-state index is 4.81. The second-order valence-corrected chi connectivity index (χ2v) is 1.93. The molecule has 1 aromatic rings. The third kappa shape index (κ3) is 0.739. The van der Waals surface area contributed by atoms with E-state index in [0.717, 1.165) is 5.56 Å². The van der Waals surface area contributed by atoms with E-state index in [4.69, 9.17) is 4.89 Å². The quantitative estimate of drug-likeness (QED) is 0.502. The van der Waals surface area contributed by atoms with E-state index in [1.807, 2.05) is 18.2 Å². The fraction of sp³-hybridized carbons (Fsp3) is 0. The van der Waals surface area contributed by atoms with E-state index >= 15 is 0 Å². The number of rotatable bonds is 0. The summed E-state index contributed by atoms with van der Waals surface area (Å²) in [5, 5.41) is 0. The van der Waals surface area contributed by atoms with Gasteiger partial charge < -0.3 is 0 Å². The van der Waals surface area contributed by atoms with Crippen LogP contribution < -0.4 is 4.89 Å². The smallest absolute Gasteiger partial charge is 0.186 e.